The first-order valence-electron chi connectivity index (χ1n) is 8.45. The molecule has 6 nitrogen and oxygen atoms in total. The molecule has 132 valence electrons. The third-order valence-corrected chi connectivity index (χ3v) is 4.11. The highest BCUT2D eigenvalue weighted by atomic mass is 16.5. The van der Waals surface area contributed by atoms with Crippen molar-refractivity contribution in [1.82, 2.24) is 4.90 Å². The smallest absolute Gasteiger partial charge is 0.305 e. The van der Waals surface area contributed by atoms with Crippen molar-refractivity contribution in [3.05, 3.63) is 29.8 Å². The van der Waals surface area contributed by atoms with Crippen molar-refractivity contribution in [2.75, 3.05) is 26.4 Å². The molecule has 1 atom stereocenters. The van der Waals surface area contributed by atoms with Gasteiger partial charge < -0.3 is 19.5 Å². The van der Waals surface area contributed by atoms with Crippen molar-refractivity contribution in [2.24, 2.45) is 0 Å². The maximum absolute atomic E-state index is 12.9. The molecule has 0 aromatic heterocycles. The monoisotopic (exact) mass is 335 g/mol. The third kappa shape index (κ3) is 4.96. The molecule has 1 heterocycles. The number of carboxylic acid groups (broad SMARTS) is 1. The number of carbonyl (C=O) groups excluding carboxylic acids is 1. The third-order valence-electron chi connectivity index (χ3n) is 4.11. The number of carboxylic acids is 1. The number of hydrogen-bond acceptors (Lipinski definition) is 4. The molecule has 24 heavy (non-hydrogen) atoms. The van der Waals surface area contributed by atoms with Gasteiger partial charge in [0, 0.05) is 19.2 Å². The fourth-order valence-corrected chi connectivity index (χ4v) is 2.96. The molecular formula is C18H25NO5. The second kappa shape index (κ2) is 9.27. The molecule has 1 N–H and O–H groups in total. The molecule has 1 aliphatic heterocycles. The SMILES string of the molecule is CCOCCOc1ccccc1C(=O)N1CCCCC1CC(=O)O. The fourth-order valence-electron chi connectivity index (χ4n) is 2.96. The van der Waals surface area contributed by atoms with E-state index in [4.69, 9.17) is 14.6 Å². The lowest BCUT2D eigenvalue weighted by atomic mass is 9.98. The lowest BCUT2D eigenvalue weighted by Crippen LogP contribution is -2.44. The first-order chi connectivity index (χ1) is 11.6. The molecule has 1 fully saturated rings. The highest BCUT2D eigenvalue weighted by Gasteiger charge is 2.30. The first-order valence-corrected chi connectivity index (χ1v) is 8.45. The molecule has 0 aliphatic carbocycles. The van der Waals surface area contributed by atoms with Gasteiger partial charge in [-0.25, -0.2) is 0 Å². The minimum Gasteiger partial charge on any atom is -0.490 e. The topological polar surface area (TPSA) is 76.1 Å². The molecule has 1 aliphatic rings. The number of piperidine rings is 1. The summed E-state index contributed by atoms with van der Waals surface area (Å²) in [6.07, 6.45) is 2.56. The maximum Gasteiger partial charge on any atom is 0.305 e. The Hall–Kier alpha value is -2.08. The average molecular weight is 335 g/mol. The molecule has 6 heteroatoms. The van der Waals surface area contributed by atoms with Crippen LogP contribution in [0.15, 0.2) is 24.3 Å². The summed E-state index contributed by atoms with van der Waals surface area (Å²) in [5.41, 5.74) is 0.478. The Morgan fingerprint density at radius 3 is 2.79 bits per heavy atom. The Morgan fingerprint density at radius 1 is 1.25 bits per heavy atom. The van der Waals surface area contributed by atoms with E-state index >= 15 is 0 Å². The van der Waals surface area contributed by atoms with Crippen molar-refractivity contribution in [2.45, 2.75) is 38.6 Å². The Kier molecular flexibility index (Phi) is 7.06. The van der Waals surface area contributed by atoms with E-state index in [9.17, 15) is 9.59 Å². The van der Waals surface area contributed by atoms with Gasteiger partial charge in [-0.3, -0.25) is 9.59 Å². The second-order valence-corrected chi connectivity index (χ2v) is 5.79. The van der Waals surface area contributed by atoms with Gasteiger partial charge in [0.2, 0.25) is 0 Å². The Bertz CT molecular complexity index is 560. The molecule has 0 bridgehead atoms. The number of para-hydroxylation sites is 1. The molecule has 1 aromatic carbocycles. The van der Waals surface area contributed by atoms with Crippen molar-refractivity contribution in [3.8, 4) is 5.75 Å². The molecule has 1 unspecified atom stereocenters. The van der Waals surface area contributed by atoms with Gasteiger partial charge in [0.15, 0.2) is 0 Å². The zero-order valence-corrected chi connectivity index (χ0v) is 14.1. The van der Waals surface area contributed by atoms with E-state index < -0.39 is 5.97 Å². The zero-order chi connectivity index (χ0) is 17.4. The van der Waals surface area contributed by atoms with Gasteiger partial charge in [-0.2, -0.15) is 0 Å². The van der Waals surface area contributed by atoms with Crippen LogP contribution in [-0.2, 0) is 9.53 Å². The van der Waals surface area contributed by atoms with Gasteiger partial charge in [0.1, 0.15) is 12.4 Å². The van der Waals surface area contributed by atoms with Crippen LogP contribution in [0.5, 0.6) is 5.75 Å². The molecule has 1 amide bonds. The summed E-state index contributed by atoms with van der Waals surface area (Å²) in [4.78, 5) is 25.7. The van der Waals surface area contributed by atoms with Gasteiger partial charge in [0.05, 0.1) is 18.6 Å². The number of benzene rings is 1. The summed E-state index contributed by atoms with van der Waals surface area (Å²) in [7, 11) is 0. The normalized spacial score (nSPS) is 17.5. The standard InChI is InChI=1S/C18H25NO5/c1-2-23-11-12-24-16-9-4-3-8-15(16)18(22)19-10-6-5-7-14(19)13-17(20)21/h3-4,8-9,14H,2,5-7,10-13H2,1H3,(H,20,21). The number of aliphatic carboxylic acids is 1. The van der Waals surface area contributed by atoms with E-state index in [2.05, 4.69) is 0 Å². The van der Waals surface area contributed by atoms with Crippen molar-refractivity contribution in [1.29, 1.82) is 0 Å². The fraction of sp³-hybridized carbons (Fsp3) is 0.556. The molecule has 1 saturated heterocycles. The molecule has 0 spiro atoms. The van der Waals surface area contributed by atoms with Crippen LogP contribution in [0.3, 0.4) is 0 Å². The zero-order valence-electron chi connectivity index (χ0n) is 14.1. The first kappa shape index (κ1) is 18.3. The van der Waals surface area contributed by atoms with Gasteiger partial charge in [-0.15, -0.1) is 0 Å². The summed E-state index contributed by atoms with van der Waals surface area (Å²) in [5.74, 6) is -0.518. The van der Waals surface area contributed by atoms with E-state index in [0.29, 0.717) is 37.7 Å². The number of likely N-dealkylation sites (tertiary alicyclic amines) is 1. The summed E-state index contributed by atoms with van der Waals surface area (Å²) < 4.78 is 10.9. The van der Waals surface area contributed by atoms with Crippen LogP contribution in [0.1, 0.15) is 43.0 Å². The van der Waals surface area contributed by atoms with E-state index in [1.54, 1.807) is 23.1 Å². The van der Waals surface area contributed by atoms with E-state index in [-0.39, 0.29) is 18.4 Å². The summed E-state index contributed by atoms with van der Waals surface area (Å²) >= 11 is 0. The van der Waals surface area contributed by atoms with Crippen LogP contribution in [0.2, 0.25) is 0 Å². The Balaban J connectivity index is 2.11. The number of ether oxygens (including phenoxy) is 2. The van der Waals surface area contributed by atoms with Crippen LogP contribution in [-0.4, -0.2) is 54.3 Å². The molecular weight excluding hydrogens is 310 g/mol. The number of rotatable bonds is 8. The van der Waals surface area contributed by atoms with Crippen LogP contribution in [0, 0.1) is 0 Å². The van der Waals surface area contributed by atoms with Crippen molar-refractivity contribution >= 4 is 11.9 Å². The van der Waals surface area contributed by atoms with Crippen LogP contribution >= 0.6 is 0 Å². The lowest BCUT2D eigenvalue weighted by Gasteiger charge is -2.35. The van der Waals surface area contributed by atoms with Gasteiger partial charge in [0.25, 0.3) is 5.91 Å². The molecule has 1 aromatic rings. The minimum absolute atomic E-state index is 0.0148. The molecule has 2 rings (SSSR count). The van der Waals surface area contributed by atoms with Gasteiger partial charge >= 0.3 is 5.97 Å². The highest BCUT2D eigenvalue weighted by Crippen LogP contribution is 2.26. The summed E-state index contributed by atoms with van der Waals surface area (Å²) in [6, 6.07) is 6.84. The lowest BCUT2D eigenvalue weighted by molar-refractivity contribution is -0.138. The van der Waals surface area contributed by atoms with Gasteiger partial charge in [-0.05, 0) is 38.3 Å². The van der Waals surface area contributed by atoms with Crippen LogP contribution < -0.4 is 4.74 Å². The van der Waals surface area contributed by atoms with Crippen LogP contribution in [0.25, 0.3) is 0 Å². The Morgan fingerprint density at radius 2 is 2.04 bits per heavy atom. The predicted octanol–water partition coefficient (Wildman–Crippen LogP) is 2.57. The van der Waals surface area contributed by atoms with Crippen LogP contribution in [0.4, 0.5) is 0 Å². The highest BCUT2D eigenvalue weighted by molar-refractivity contribution is 5.97. The van der Waals surface area contributed by atoms with Crippen molar-refractivity contribution in [3.63, 3.8) is 0 Å². The van der Waals surface area contributed by atoms with Crippen molar-refractivity contribution < 1.29 is 24.2 Å². The minimum atomic E-state index is -0.874. The number of amides is 1. The van der Waals surface area contributed by atoms with E-state index in [1.807, 2.05) is 13.0 Å². The predicted molar refractivity (Wildman–Crippen MR) is 89.4 cm³/mol. The second-order valence-electron chi connectivity index (χ2n) is 5.79. The van der Waals surface area contributed by atoms with E-state index in [1.165, 1.54) is 0 Å². The average Bonchev–Trinajstić information content (AvgIpc) is 2.58. The summed E-state index contributed by atoms with van der Waals surface area (Å²) in [6.45, 7) is 3.95. The molecule has 0 saturated carbocycles. The molecule has 0 radical (unpaired) electrons. The number of nitrogens with zero attached hydrogens (tertiary/aromatic N) is 1. The largest absolute Gasteiger partial charge is 0.490 e. The Labute approximate surface area is 142 Å². The van der Waals surface area contributed by atoms with Gasteiger partial charge in [-0.1, -0.05) is 12.1 Å². The van der Waals surface area contributed by atoms with E-state index in [0.717, 1.165) is 19.3 Å². The quantitative estimate of drug-likeness (QED) is 0.739. The number of carbonyl (C=O) groups is 2. The summed E-state index contributed by atoms with van der Waals surface area (Å²) in [5, 5.41) is 9.08. The number of hydrogen-bond donors (Lipinski definition) is 1. The maximum atomic E-state index is 12.9.